The second kappa shape index (κ2) is 4.86. The van der Waals surface area contributed by atoms with E-state index in [-0.39, 0.29) is 5.91 Å². The van der Waals surface area contributed by atoms with Gasteiger partial charge in [-0.1, -0.05) is 13.8 Å². The number of imidazole rings is 1. The van der Waals surface area contributed by atoms with Crippen LogP contribution >= 0.6 is 0 Å². The number of carbonyl (C=O) groups excluding carboxylic acids is 1. The molecule has 1 saturated heterocycles. The van der Waals surface area contributed by atoms with Crippen molar-refractivity contribution in [2.45, 2.75) is 32.3 Å². The highest BCUT2D eigenvalue weighted by Gasteiger charge is 2.27. The van der Waals surface area contributed by atoms with Crippen LogP contribution in [-0.4, -0.2) is 49.7 Å². The molecule has 0 aliphatic carbocycles. The molecular formula is C14H18N4O2. The summed E-state index contributed by atoms with van der Waals surface area (Å²) in [5.74, 6) is 0.188. The van der Waals surface area contributed by atoms with Gasteiger partial charge in [0, 0.05) is 13.1 Å². The second-order valence-corrected chi connectivity index (χ2v) is 5.54. The van der Waals surface area contributed by atoms with Gasteiger partial charge in [-0.05, 0) is 24.5 Å². The summed E-state index contributed by atoms with van der Waals surface area (Å²) in [5.41, 5.74) is 2.01. The lowest BCUT2D eigenvalue weighted by molar-refractivity contribution is 0.0760. The summed E-state index contributed by atoms with van der Waals surface area (Å²) < 4.78 is 1.65. The van der Waals surface area contributed by atoms with Crippen molar-refractivity contribution in [3.05, 3.63) is 29.7 Å². The third-order valence-corrected chi connectivity index (χ3v) is 3.60. The smallest absolute Gasteiger partial charge is 0.274 e. The van der Waals surface area contributed by atoms with Gasteiger partial charge in [-0.3, -0.25) is 4.79 Å². The van der Waals surface area contributed by atoms with E-state index in [4.69, 9.17) is 0 Å². The quantitative estimate of drug-likeness (QED) is 0.889. The van der Waals surface area contributed by atoms with Crippen molar-refractivity contribution in [2.24, 2.45) is 0 Å². The molecule has 106 valence electrons. The van der Waals surface area contributed by atoms with Crippen LogP contribution in [0.5, 0.6) is 0 Å². The fraction of sp³-hybridized carbons (Fsp3) is 0.500. The lowest BCUT2D eigenvalue weighted by Crippen LogP contribution is -2.29. The van der Waals surface area contributed by atoms with E-state index >= 15 is 0 Å². The lowest BCUT2D eigenvalue weighted by atomic mass is 10.1. The van der Waals surface area contributed by atoms with E-state index in [1.54, 1.807) is 15.6 Å². The fourth-order valence-electron chi connectivity index (χ4n) is 2.40. The van der Waals surface area contributed by atoms with Crippen molar-refractivity contribution in [1.82, 2.24) is 19.5 Å². The first kappa shape index (κ1) is 13.1. The standard InChI is InChI=1S/C14H18N4O2/c1-9(2)11-3-4-13-15-12(8-18(13)16-11)14(20)17-6-5-10(19)7-17/h3-4,8-10,19H,5-7H2,1-2H3. The summed E-state index contributed by atoms with van der Waals surface area (Å²) >= 11 is 0. The van der Waals surface area contributed by atoms with Crippen LogP contribution in [0.15, 0.2) is 18.3 Å². The predicted octanol–water partition coefficient (Wildman–Crippen LogP) is 1.06. The Hall–Kier alpha value is -1.95. The van der Waals surface area contributed by atoms with Crippen molar-refractivity contribution in [3.63, 3.8) is 0 Å². The van der Waals surface area contributed by atoms with Crippen molar-refractivity contribution >= 4 is 11.6 Å². The van der Waals surface area contributed by atoms with E-state index in [1.807, 2.05) is 12.1 Å². The largest absolute Gasteiger partial charge is 0.391 e. The molecule has 2 aromatic heterocycles. The molecule has 1 N–H and O–H groups in total. The van der Waals surface area contributed by atoms with E-state index in [9.17, 15) is 9.90 Å². The minimum atomic E-state index is -0.415. The molecule has 1 aliphatic heterocycles. The van der Waals surface area contributed by atoms with E-state index < -0.39 is 6.10 Å². The number of nitrogens with zero attached hydrogens (tertiary/aromatic N) is 4. The zero-order chi connectivity index (χ0) is 14.3. The van der Waals surface area contributed by atoms with Crippen LogP contribution < -0.4 is 0 Å². The minimum absolute atomic E-state index is 0.141. The number of amides is 1. The Balaban J connectivity index is 1.90. The zero-order valence-corrected chi connectivity index (χ0v) is 11.7. The van der Waals surface area contributed by atoms with Gasteiger partial charge >= 0.3 is 0 Å². The van der Waals surface area contributed by atoms with E-state index in [0.29, 0.717) is 36.8 Å². The molecule has 1 fully saturated rings. The molecular weight excluding hydrogens is 256 g/mol. The van der Waals surface area contributed by atoms with Gasteiger partial charge in [0.15, 0.2) is 5.65 Å². The van der Waals surface area contributed by atoms with Crippen molar-refractivity contribution in [1.29, 1.82) is 0 Å². The van der Waals surface area contributed by atoms with Gasteiger partial charge in [-0.2, -0.15) is 5.10 Å². The van der Waals surface area contributed by atoms with E-state index in [1.165, 1.54) is 0 Å². The number of aliphatic hydroxyl groups is 1. The number of carbonyl (C=O) groups is 1. The van der Waals surface area contributed by atoms with Gasteiger partial charge in [0.05, 0.1) is 18.0 Å². The molecule has 6 nitrogen and oxygen atoms in total. The normalized spacial score (nSPS) is 19.2. The third-order valence-electron chi connectivity index (χ3n) is 3.60. The van der Waals surface area contributed by atoms with Gasteiger partial charge in [0.2, 0.25) is 0 Å². The van der Waals surface area contributed by atoms with Crippen LogP contribution in [0.2, 0.25) is 0 Å². The van der Waals surface area contributed by atoms with Crippen molar-refractivity contribution in [3.8, 4) is 0 Å². The molecule has 3 heterocycles. The minimum Gasteiger partial charge on any atom is -0.391 e. The Labute approximate surface area is 117 Å². The average molecular weight is 274 g/mol. The second-order valence-electron chi connectivity index (χ2n) is 5.54. The molecule has 20 heavy (non-hydrogen) atoms. The summed E-state index contributed by atoms with van der Waals surface area (Å²) in [7, 11) is 0. The molecule has 0 bridgehead atoms. The number of hydrogen-bond acceptors (Lipinski definition) is 4. The molecule has 6 heteroatoms. The number of fused-ring (bicyclic) bond motifs is 1. The summed E-state index contributed by atoms with van der Waals surface area (Å²) in [6.45, 7) is 5.11. The summed E-state index contributed by atoms with van der Waals surface area (Å²) in [6.07, 6.45) is 1.88. The highest BCUT2D eigenvalue weighted by molar-refractivity contribution is 5.93. The van der Waals surface area contributed by atoms with Crippen LogP contribution in [0.4, 0.5) is 0 Å². The number of aliphatic hydroxyl groups excluding tert-OH is 1. The molecule has 1 aliphatic rings. The van der Waals surface area contributed by atoms with Crippen LogP contribution in [-0.2, 0) is 0 Å². The Kier molecular flexibility index (Phi) is 3.17. The molecule has 0 aromatic carbocycles. The Morgan fingerprint density at radius 2 is 2.25 bits per heavy atom. The summed E-state index contributed by atoms with van der Waals surface area (Å²) in [5, 5.41) is 14.0. The number of rotatable bonds is 2. The summed E-state index contributed by atoms with van der Waals surface area (Å²) in [4.78, 5) is 18.2. The molecule has 2 aromatic rings. The van der Waals surface area contributed by atoms with Gasteiger partial charge < -0.3 is 10.0 Å². The van der Waals surface area contributed by atoms with Crippen LogP contribution in [0, 0.1) is 0 Å². The van der Waals surface area contributed by atoms with Gasteiger partial charge in [-0.25, -0.2) is 9.50 Å². The molecule has 1 amide bonds. The highest BCUT2D eigenvalue weighted by Crippen LogP contribution is 2.15. The van der Waals surface area contributed by atoms with Gasteiger partial charge in [-0.15, -0.1) is 0 Å². The molecule has 0 saturated carbocycles. The van der Waals surface area contributed by atoms with Crippen LogP contribution in [0.25, 0.3) is 5.65 Å². The van der Waals surface area contributed by atoms with E-state index in [0.717, 1.165) is 5.69 Å². The fourth-order valence-corrected chi connectivity index (χ4v) is 2.40. The number of likely N-dealkylation sites (tertiary alicyclic amines) is 1. The van der Waals surface area contributed by atoms with Crippen LogP contribution in [0.3, 0.4) is 0 Å². The first-order valence-electron chi connectivity index (χ1n) is 6.88. The van der Waals surface area contributed by atoms with Gasteiger partial charge in [0.1, 0.15) is 5.69 Å². The maximum Gasteiger partial charge on any atom is 0.274 e. The zero-order valence-electron chi connectivity index (χ0n) is 11.7. The Morgan fingerprint density at radius 3 is 2.90 bits per heavy atom. The Bertz CT molecular complexity index is 650. The first-order chi connectivity index (χ1) is 9.54. The monoisotopic (exact) mass is 274 g/mol. The van der Waals surface area contributed by atoms with Crippen molar-refractivity contribution in [2.75, 3.05) is 13.1 Å². The van der Waals surface area contributed by atoms with Crippen molar-refractivity contribution < 1.29 is 9.90 Å². The molecule has 3 rings (SSSR count). The summed E-state index contributed by atoms with van der Waals surface area (Å²) in [6, 6.07) is 3.80. The third kappa shape index (κ3) is 2.27. The number of aromatic nitrogens is 3. The lowest BCUT2D eigenvalue weighted by Gasteiger charge is -2.13. The Morgan fingerprint density at radius 1 is 1.45 bits per heavy atom. The SMILES string of the molecule is CC(C)c1ccc2nc(C(=O)N3CCC(O)C3)cn2n1. The molecule has 0 spiro atoms. The van der Waals surface area contributed by atoms with E-state index in [2.05, 4.69) is 23.9 Å². The topological polar surface area (TPSA) is 70.7 Å². The molecule has 1 atom stereocenters. The number of β-amino-alcohol motifs (C(OH)–C–C–N with tert-alkyl or cyclic N) is 1. The maximum absolute atomic E-state index is 12.3. The average Bonchev–Trinajstić information content (AvgIpc) is 3.02. The first-order valence-corrected chi connectivity index (χ1v) is 6.88. The maximum atomic E-state index is 12.3. The van der Waals surface area contributed by atoms with Gasteiger partial charge in [0.25, 0.3) is 5.91 Å². The molecule has 1 unspecified atom stereocenters. The molecule has 0 radical (unpaired) electrons. The predicted molar refractivity (Wildman–Crippen MR) is 73.6 cm³/mol. The van der Waals surface area contributed by atoms with Crippen LogP contribution in [0.1, 0.15) is 42.4 Å². The number of hydrogen-bond donors (Lipinski definition) is 1. The highest BCUT2D eigenvalue weighted by atomic mass is 16.3.